The zero-order valence-electron chi connectivity index (χ0n) is 13.3. The highest BCUT2D eigenvalue weighted by molar-refractivity contribution is 6.74. The summed E-state index contributed by atoms with van der Waals surface area (Å²) in [5.41, 5.74) is 3.15. The van der Waals surface area contributed by atoms with Crippen molar-refractivity contribution in [2.45, 2.75) is 38.9 Å². The molecule has 0 aliphatic rings. The van der Waals surface area contributed by atoms with Crippen LogP contribution in [-0.2, 0) is 0 Å². The van der Waals surface area contributed by atoms with Crippen LogP contribution in [0.1, 0.15) is 20.8 Å². The number of fused-ring (bicyclic) bond motifs is 3. The summed E-state index contributed by atoms with van der Waals surface area (Å²) in [5, 5.41) is 0.186. The molecule has 0 spiro atoms. The van der Waals surface area contributed by atoms with Crippen molar-refractivity contribution in [3.63, 3.8) is 0 Å². The van der Waals surface area contributed by atoms with Crippen molar-refractivity contribution in [3.05, 3.63) is 42.7 Å². The molecule has 2 aromatic heterocycles. The fourth-order valence-electron chi connectivity index (χ4n) is 2.18. The molecule has 0 aliphatic carbocycles. The normalized spacial score (nSPS) is 13.0. The van der Waals surface area contributed by atoms with E-state index in [4.69, 9.17) is 4.43 Å². The molecular formula is C17H22N2OSi. The van der Waals surface area contributed by atoms with Gasteiger partial charge in [-0.05, 0) is 36.3 Å². The van der Waals surface area contributed by atoms with Gasteiger partial charge in [0, 0.05) is 6.20 Å². The summed E-state index contributed by atoms with van der Waals surface area (Å²) in [7, 11) is -1.84. The number of hydrogen-bond donors (Lipinski definition) is 0. The van der Waals surface area contributed by atoms with E-state index in [9.17, 15) is 0 Å². The van der Waals surface area contributed by atoms with E-state index in [-0.39, 0.29) is 5.04 Å². The Bertz CT molecular complexity index is 799. The Labute approximate surface area is 126 Å². The molecule has 0 saturated carbocycles. The second kappa shape index (κ2) is 4.60. The Kier molecular flexibility index (Phi) is 3.09. The molecule has 2 heterocycles. The third-order valence-corrected chi connectivity index (χ3v) is 8.87. The molecule has 3 aromatic rings. The molecule has 0 bridgehead atoms. The highest BCUT2D eigenvalue weighted by Crippen LogP contribution is 2.38. The van der Waals surface area contributed by atoms with Crippen LogP contribution < -0.4 is 4.43 Å². The number of rotatable bonds is 2. The highest BCUT2D eigenvalue weighted by atomic mass is 28.4. The Morgan fingerprint density at radius 3 is 2.48 bits per heavy atom. The van der Waals surface area contributed by atoms with Crippen LogP contribution in [0, 0.1) is 0 Å². The average Bonchev–Trinajstić information content (AvgIpc) is 2.80. The first-order valence-corrected chi connectivity index (χ1v) is 10.2. The first-order valence-electron chi connectivity index (χ1n) is 7.33. The number of benzene rings is 1. The zero-order chi connectivity index (χ0) is 15.3. The van der Waals surface area contributed by atoms with Crippen LogP contribution >= 0.6 is 0 Å². The molecule has 110 valence electrons. The van der Waals surface area contributed by atoms with Crippen LogP contribution in [0.25, 0.3) is 16.6 Å². The van der Waals surface area contributed by atoms with Crippen molar-refractivity contribution in [2.75, 3.05) is 0 Å². The summed E-state index contributed by atoms with van der Waals surface area (Å²) in [6.45, 7) is 11.3. The van der Waals surface area contributed by atoms with E-state index in [0.717, 1.165) is 22.3 Å². The quantitative estimate of drug-likeness (QED) is 0.631. The van der Waals surface area contributed by atoms with Crippen molar-refractivity contribution in [1.82, 2.24) is 9.38 Å². The van der Waals surface area contributed by atoms with E-state index < -0.39 is 8.32 Å². The maximum Gasteiger partial charge on any atom is 0.250 e. The van der Waals surface area contributed by atoms with Gasteiger partial charge in [0.1, 0.15) is 11.3 Å². The van der Waals surface area contributed by atoms with Gasteiger partial charge < -0.3 is 8.83 Å². The number of aromatic nitrogens is 2. The summed E-state index contributed by atoms with van der Waals surface area (Å²) in [5.74, 6) is 0.944. The van der Waals surface area contributed by atoms with Gasteiger partial charge in [-0.15, -0.1) is 0 Å². The molecule has 0 radical (unpaired) electrons. The third-order valence-electron chi connectivity index (χ3n) is 4.53. The second-order valence-electron chi connectivity index (χ2n) is 7.04. The van der Waals surface area contributed by atoms with Crippen molar-refractivity contribution in [2.24, 2.45) is 0 Å². The monoisotopic (exact) mass is 298 g/mol. The molecule has 3 rings (SSSR count). The lowest BCUT2D eigenvalue weighted by atomic mass is 10.2. The maximum absolute atomic E-state index is 6.45. The Balaban J connectivity index is 2.11. The van der Waals surface area contributed by atoms with Crippen LogP contribution in [0.2, 0.25) is 18.1 Å². The first-order chi connectivity index (χ1) is 9.79. The lowest BCUT2D eigenvalue weighted by molar-refractivity contribution is 0.496. The van der Waals surface area contributed by atoms with Crippen LogP contribution in [0.15, 0.2) is 42.7 Å². The van der Waals surface area contributed by atoms with E-state index in [0.29, 0.717) is 0 Å². The minimum atomic E-state index is -1.84. The number of nitrogens with zero attached hydrogens (tertiary/aromatic N) is 2. The third kappa shape index (κ3) is 2.33. The van der Waals surface area contributed by atoms with Crippen molar-refractivity contribution in [3.8, 4) is 5.75 Å². The molecule has 3 nitrogen and oxygen atoms in total. The molecular weight excluding hydrogens is 276 g/mol. The van der Waals surface area contributed by atoms with Gasteiger partial charge in [0.05, 0.1) is 17.2 Å². The van der Waals surface area contributed by atoms with Gasteiger partial charge >= 0.3 is 0 Å². The Morgan fingerprint density at radius 1 is 1.05 bits per heavy atom. The summed E-state index contributed by atoms with van der Waals surface area (Å²) in [4.78, 5) is 4.55. The Morgan fingerprint density at radius 2 is 1.76 bits per heavy atom. The topological polar surface area (TPSA) is 26.5 Å². The zero-order valence-corrected chi connectivity index (χ0v) is 14.3. The van der Waals surface area contributed by atoms with Crippen LogP contribution in [0.3, 0.4) is 0 Å². The van der Waals surface area contributed by atoms with Gasteiger partial charge in [0.25, 0.3) is 8.32 Å². The van der Waals surface area contributed by atoms with E-state index in [2.05, 4.69) is 61.6 Å². The fourth-order valence-corrected chi connectivity index (χ4v) is 3.21. The fraction of sp³-hybridized carbons (Fsp3) is 0.353. The molecule has 0 unspecified atom stereocenters. The first kappa shape index (κ1) is 14.1. The van der Waals surface area contributed by atoms with Gasteiger partial charge in [0.2, 0.25) is 0 Å². The molecule has 0 aliphatic heterocycles. The van der Waals surface area contributed by atoms with E-state index >= 15 is 0 Å². The van der Waals surface area contributed by atoms with Gasteiger partial charge in [-0.2, -0.15) is 0 Å². The highest BCUT2D eigenvalue weighted by Gasteiger charge is 2.39. The maximum atomic E-state index is 6.45. The summed E-state index contributed by atoms with van der Waals surface area (Å²) in [6.07, 6.45) is 3.98. The summed E-state index contributed by atoms with van der Waals surface area (Å²) in [6, 6.07) is 10.2. The predicted molar refractivity (Wildman–Crippen MR) is 90.5 cm³/mol. The lowest BCUT2D eigenvalue weighted by Gasteiger charge is -2.36. The predicted octanol–water partition coefficient (Wildman–Crippen LogP) is 4.87. The van der Waals surface area contributed by atoms with Gasteiger partial charge in [-0.1, -0.05) is 32.9 Å². The van der Waals surface area contributed by atoms with Gasteiger partial charge in [0.15, 0.2) is 0 Å². The minimum absolute atomic E-state index is 0.186. The molecule has 1 aromatic carbocycles. The molecule has 21 heavy (non-hydrogen) atoms. The number of hydrogen-bond acceptors (Lipinski definition) is 2. The molecule has 0 atom stereocenters. The van der Waals surface area contributed by atoms with Crippen LogP contribution in [0.5, 0.6) is 5.75 Å². The SMILES string of the molecule is CC(C)(C)[Si](C)(C)Oc1ccn2c1cnc1ccccc12. The van der Waals surface area contributed by atoms with E-state index in [1.807, 2.05) is 24.4 Å². The van der Waals surface area contributed by atoms with Crippen LogP contribution in [-0.4, -0.2) is 17.7 Å². The summed E-state index contributed by atoms with van der Waals surface area (Å²) >= 11 is 0. The number of para-hydroxylation sites is 2. The van der Waals surface area contributed by atoms with E-state index in [1.54, 1.807) is 0 Å². The smallest absolute Gasteiger partial charge is 0.250 e. The Hall–Kier alpha value is -1.81. The second-order valence-corrected chi connectivity index (χ2v) is 11.8. The standard InChI is InChI=1S/C17H22N2OSi/c1-17(2,3)21(4,5)20-16-10-11-19-14-9-7-6-8-13(14)18-12-15(16)19/h6-12H,1-5H3. The average molecular weight is 298 g/mol. The molecule has 0 saturated heterocycles. The van der Waals surface area contributed by atoms with Crippen molar-refractivity contribution < 1.29 is 4.43 Å². The van der Waals surface area contributed by atoms with Crippen molar-refractivity contribution in [1.29, 1.82) is 0 Å². The van der Waals surface area contributed by atoms with Crippen LogP contribution in [0.4, 0.5) is 0 Å². The molecule has 0 fully saturated rings. The van der Waals surface area contributed by atoms with Gasteiger partial charge in [-0.3, -0.25) is 4.98 Å². The lowest BCUT2D eigenvalue weighted by Crippen LogP contribution is -2.43. The molecule has 4 heteroatoms. The largest absolute Gasteiger partial charge is 0.542 e. The molecule has 0 N–H and O–H groups in total. The van der Waals surface area contributed by atoms with E-state index in [1.165, 1.54) is 0 Å². The van der Waals surface area contributed by atoms with Gasteiger partial charge in [-0.25, -0.2) is 0 Å². The molecule has 0 amide bonds. The minimum Gasteiger partial charge on any atom is -0.542 e. The van der Waals surface area contributed by atoms with Crippen molar-refractivity contribution >= 4 is 24.9 Å². The summed E-state index contributed by atoms with van der Waals surface area (Å²) < 4.78 is 8.60.